The van der Waals surface area contributed by atoms with E-state index in [1.165, 1.54) is 37.2 Å². The van der Waals surface area contributed by atoms with E-state index in [4.69, 9.17) is 4.74 Å². The summed E-state index contributed by atoms with van der Waals surface area (Å²) < 4.78 is 5.81. The van der Waals surface area contributed by atoms with Gasteiger partial charge in [-0.25, -0.2) is 0 Å². The molecule has 0 aromatic carbocycles. The van der Waals surface area contributed by atoms with Crippen LogP contribution >= 0.6 is 11.8 Å². The first-order valence-electron chi connectivity index (χ1n) is 4.13. The van der Waals surface area contributed by atoms with E-state index in [-0.39, 0.29) is 0 Å². The zero-order valence-corrected chi connectivity index (χ0v) is 7.08. The van der Waals surface area contributed by atoms with Crippen LogP contribution in [-0.2, 0) is 4.74 Å². The molecule has 2 heterocycles. The van der Waals surface area contributed by atoms with Gasteiger partial charge >= 0.3 is 0 Å². The van der Waals surface area contributed by atoms with Crippen molar-refractivity contribution in [3.8, 4) is 0 Å². The van der Waals surface area contributed by atoms with Gasteiger partial charge in [-0.2, -0.15) is 11.8 Å². The Hall–Kier alpha value is 0.310. The van der Waals surface area contributed by atoms with Crippen LogP contribution in [0.15, 0.2) is 0 Å². The third-order valence-corrected chi connectivity index (χ3v) is 3.73. The minimum atomic E-state index is 0.336. The second-order valence-corrected chi connectivity index (χ2v) is 4.40. The average molecular weight is 158 g/mol. The summed E-state index contributed by atoms with van der Waals surface area (Å²) in [5, 5.41) is 0. The van der Waals surface area contributed by atoms with Gasteiger partial charge in [0.25, 0.3) is 0 Å². The Morgan fingerprint density at radius 1 is 1.20 bits per heavy atom. The molecular weight excluding hydrogens is 144 g/mol. The Balaban J connectivity index is 1.98. The molecule has 1 spiro atoms. The third-order valence-electron chi connectivity index (χ3n) is 2.50. The summed E-state index contributed by atoms with van der Waals surface area (Å²) in [7, 11) is 0. The van der Waals surface area contributed by atoms with E-state index >= 15 is 0 Å². The van der Waals surface area contributed by atoms with Gasteiger partial charge in [-0.05, 0) is 31.4 Å². The van der Waals surface area contributed by atoms with E-state index in [2.05, 4.69) is 11.8 Å². The van der Waals surface area contributed by atoms with Crippen molar-refractivity contribution in [2.45, 2.75) is 31.3 Å². The van der Waals surface area contributed by atoms with Gasteiger partial charge in [-0.3, -0.25) is 0 Å². The second kappa shape index (κ2) is 2.74. The minimum Gasteiger partial charge on any atom is -0.374 e. The fourth-order valence-electron chi connectivity index (χ4n) is 1.81. The summed E-state index contributed by atoms with van der Waals surface area (Å²) in [6, 6.07) is 0. The molecule has 2 aliphatic rings. The molecule has 10 heavy (non-hydrogen) atoms. The molecule has 0 aliphatic carbocycles. The van der Waals surface area contributed by atoms with Gasteiger partial charge in [0.2, 0.25) is 0 Å². The first-order chi connectivity index (χ1) is 4.91. The number of ether oxygens (including phenoxy) is 1. The topological polar surface area (TPSA) is 9.23 Å². The maximum Gasteiger partial charge on any atom is 0.0780 e. The first kappa shape index (κ1) is 6.99. The Morgan fingerprint density at radius 3 is 2.80 bits per heavy atom. The van der Waals surface area contributed by atoms with Crippen LogP contribution in [-0.4, -0.2) is 23.7 Å². The standard InChI is InChI=1S/C8H14OS/c1-2-5-9-8(3-1)4-6-10-7-8/h1-7H2. The minimum absolute atomic E-state index is 0.336. The Morgan fingerprint density at radius 2 is 2.20 bits per heavy atom. The van der Waals surface area contributed by atoms with Crippen molar-refractivity contribution in [1.82, 2.24) is 0 Å². The van der Waals surface area contributed by atoms with Crippen LogP contribution in [0.3, 0.4) is 0 Å². The molecule has 0 amide bonds. The molecule has 1 nitrogen and oxygen atoms in total. The van der Waals surface area contributed by atoms with Crippen LogP contribution < -0.4 is 0 Å². The summed E-state index contributed by atoms with van der Waals surface area (Å²) >= 11 is 2.05. The van der Waals surface area contributed by atoms with Crippen molar-refractivity contribution in [2.24, 2.45) is 0 Å². The largest absolute Gasteiger partial charge is 0.374 e. The number of hydrogen-bond donors (Lipinski definition) is 0. The molecule has 2 fully saturated rings. The lowest BCUT2D eigenvalue weighted by Crippen LogP contribution is -2.35. The number of rotatable bonds is 0. The molecule has 0 aromatic heterocycles. The Kier molecular flexibility index (Phi) is 1.92. The monoisotopic (exact) mass is 158 g/mol. The van der Waals surface area contributed by atoms with Crippen LogP contribution in [0.1, 0.15) is 25.7 Å². The van der Waals surface area contributed by atoms with Crippen molar-refractivity contribution in [2.75, 3.05) is 18.1 Å². The van der Waals surface area contributed by atoms with Crippen LogP contribution in [0, 0.1) is 0 Å². The predicted octanol–water partition coefficient (Wildman–Crippen LogP) is 2.06. The molecule has 1 unspecified atom stereocenters. The SMILES string of the molecule is C1CCC2(CCSC2)OC1. The van der Waals surface area contributed by atoms with Gasteiger partial charge in [-0.1, -0.05) is 0 Å². The Labute approximate surface area is 66.5 Å². The van der Waals surface area contributed by atoms with Crippen LogP contribution in [0.5, 0.6) is 0 Å². The van der Waals surface area contributed by atoms with Gasteiger partial charge < -0.3 is 4.74 Å². The molecule has 0 N–H and O–H groups in total. The average Bonchev–Trinajstić information content (AvgIpc) is 2.39. The first-order valence-corrected chi connectivity index (χ1v) is 5.29. The fourth-order valence-corrected chi connectivity index (χ4v) is 3.21. The molecule has 0 aromatic rings. The molecule has 2 heteroatoms. The van der Waals surface area contributed by atoms with Crippen LogP contribution in [0.2, 0.25) is 0 Å². The van der Waals surface area contributed by atoms with Gasteiger partial charge in [0.05, 0.1) is 5.60 Å². The normalized spacial score (nSPS) is 40.8. The fraction of sp³-hybridized carbons (Fsp3) is 1.00. The van der Waals surface area contributed by atoms with Crippen LogP contribution in [0.4, 0.5) is 0 Å². The molecule has 0 bridgehead atoms. The maximum absolute atomic E-state index is 5.81. The number of hydrogen-bond acceptors (Lipinski definition) is 2. The Bertz CT molecular complexity index is 110. The molecule has 2 saturated heterocycles. The zero-order valence-electron chi connectivity index (χ0n) is 6.27. The quantitative estimate of drug-likeness (QED) is 0.533. The highest BCUT2D eigenvalue weighted by Gasteiger charge is 2.36. The smallest absolute Gasteiger partial charge is 0.0780 e. The van der Waals surface area contributed by atoms with Gasteiger partial charge in [-0.15, -0.1) is 0 Å². The summed E-state index contributed by atoms with van der Waals surface area (Å²) in [5.74, 6) is 2.58. The lowest BCUT2D eigenvalue weighted by atomic mass is 9.93. The van der Waals surface area contributed by atoms with E-state index < -0.39 is 0 Å². The van der Waals surface area contributed by atoms with Crippen molar-refractivity contribution < 1.29 is 4.74 Å². The molecule has 1 atom stereocenters. The summed E-state index contributed by atoms with van der Waals surface area (Å²) in [6.45, 7) is 1.01. The van der Waals surface area contributed by atoms with E-state index in [0.29, 0.717) is 5.60 Å². The summed E-state index contributed by atoms with van der Waals surface area (Å²) in [4.78, 5) is 0. The van der Waals surface area contributed by atoms with Crippen molar-refractivity contribution in [3.63, 3.8) is 0 Å². The number of thioether (sulfide) groups is 1. The second-order valence-electron chi connectivity index (χ2n) is 3.29. The van der Waals surface area contributed by atoms with Gasteiger partial charge in [0.1, 0.15) is 0 Å². The third kappa shape index (κ3) is 1.19. The molecule has 0 radical (unpaired) electrons. The van der Waals surface area contributed by atoms with E-state index in [9.17, 15) is 0 Å². The maximum atomic E-state index is 5.81. The van der Waals surface area contributed by atoms with E-state index in [1.807, 2.05) is 0 Å². The molecular formula is C8H14OS. The highest BCUT2D eigenvalue weighted by molar-refractivity contribution is 7.99. The highest BCUT2D eigenvalue weighted by atomic mass is 32.2. The van der Waals surface area contributed by atoms with E-state index in [0.717, 1.165) is 6.61 Å². The molecule has 2 aliphatic heterocycles. The van der Waals surface area contributed by atoms with Gasteiger partial charge in [0.15, 0.2) is 0 Å². The molecule has 2 rings (SSSR count). The van der Waals surface area contributed by atoms with Gasteiger partial charge in [0, 0.05) is 12.4 Å². The summed E-state index contributed by atoms with van der Waals surface area (Å²) in [5.41, 5.74) is 0.336. The highest BCUT2D eigenvalue weighted by Crippen LogP contribution is 2.37. The van der Waals surface area contributed by atoms with E-state index in [1.54, 1.807) is 0 Å². The van der Waals surface area contributed by atoms with Crippen LogP contribution in [0.25, 0.3) is 0 Å². The molecule has 0 saturated carbocycles. The lowest BCUT2D eigenvalue weighted by Gasteiger charge is -2.32. The molecule has 58 valence electrons. The van der Waals surface area contributed by atoms with Crippen molar-refractivity contribution in [1.29, 1.82) is 0 Å². The lowest BCUT2D eigenvalue weighted by molar-refractivity contribution is -0.0587. The summed E-state index contributed by atoms with van der Waals surface area (Å²) in [6.07, 6.45) is 5.30. The van der Waals surface area contributed by atoms with Crippen molar-refractivity contribution in [3.05, 3.63) is 0 Å². The zero-order chi connectivity index (χ0) is 6.86. The van der Waals surface area contributed by atoms with Crippen molar-refractivity contribution >= 4 is 11.8 Å². The predicted molar refractivity (Wildman–Crippen MR) is 44.5 cm³/mol.